The minimum atomic E-state index is -0.829. The Morgan fingerprint density at radius 1 is 1.88 bits per heavy atom. The van der Waals surface area contributed by atoms with E-state index in [0.29, 0.717) is 0 Å². The average Bonchev–Trinajstić information content (AvgIpc) is 1.72. The molecule has 0 saturated carbocycles. The minimum Gasteiger partial charge on any atom is -0.481 e. The van der Waals surface area contributed by atoms with Gasteiger partial charge in [-0.1, -0.05) is 6.08 Å². The zero-order chi connectivity index (χ0) is 6.99. The molecule has 0 fully saturated rings. The topological polar surface area (TPSA) is 61.1 Å². The van der Waals surface area contributed by atoms with Gasteiger partial charge in [-0.15, -0.1) is 6.58 Å². The Morgan fingerprint density at radius 3 is 2.25 bits per heavy atom. The Morgan fingerprint density at radius 2 is 2.25 bits per heavy atom. The number of nitriles is 1. The molecule has 0 saturated heterocycles. The van der Waals surface area contributed by atoms with Gasteiger partial charge >= 0.3 is 5.97 Å². The van der Waals surface area contributed by atoms with Crippen LogP contribution in [0.4, 0.5) is 0 Å². The fourth-order valence-corrected chi connectivity index (χ4v) is 0.123. The van der Waals surface area contributed by atoms with Crippen LogP contribution < -0.4 is 0 Å². The second kappa shape index (κ2) is 9.20. The molecule has 3 heteroatoms. The lowest BCUT2D eigenvalue weighted by atomic mass is 10.4. The second-order valence-corrected chi connectivity index (χ2v) is 0.887. The Hall–Kier alpha value is -1.30. The standard InChI is InChI=1S/C4H6O2.CHN/c1-2-3-4(5)6;1-2/h2H,1,3H2,(H,5,6);1H. The Kier molecular flexibility index (Phi) is 11.3. The van der Waals surface area contributed by atoms with Crippen molar-refractivity contribution < 1.29 is 9.90 Å². The largest absolute Gasteiger partial charge is 0.481 e. The van der Waals surface area contributed by atoms with E-state index in [1.807, 2.05) is 0 Å². The predicted molar refractivity (Wildman–Crippen MR) is 29.1 cm³/mol. The summed E-state index contributed by atoms with van der Waals surface area (Å²) >= 11 is 0. The van der Waals surface area contributed by atoms with Crippen molar-refractivity contribution in [3.05, 3.63) is 12.7 Å². The first-order chi connectivity index (χ1) is 3.77. The van der Waals surface area contributed by atoms with E-state index in [1.165, 1.54) is 6.08 Å². The van der Waals surface area contributed by atoms with Gasteiger partial charge in [0.25, 0.3) is 0 Å². The highest BCUT2D eigenvalue weighted by Gasteiger charge is 1.84. The maximum atomic E-state index is 9.53. The highest BCUT2D eigenvalue weighted by atomic mass is 16.4. The fourth-order valence-electron chi connectivity index (χ4n) is 0.123. The molecule has 0 unspecified atom stereocenters. The number of hydrogen-bond acceptors (Lipinski definition) is 2. The molecule has 0 aromatic heterocycles. The Labute approximate surface area is 47.9 Å². The molecule has 0 atom stereocenters. The lowest BCUT2D eigenvalue weighted by molar-refractivity contribution is -0.135. The molecule has 8 heavy (non-hydrogen) atoms. The van der Waals surface area contributed by atoms with Crippen LogP contribution >= 0.6 is 0 Å². The predicted octanol–water partition coefficient (Wildman–Crippen LogP) is 0.787. The van der Waals surface area contributed by atoms with Gasteiger partial charge in [0.05, 0.1) is 6.42 Å². The van der Waals surface area contributed by atoms with E-state index in [1.54, 1.807) is 0 Å². The molecule has 1 N–H and O–H groups in total. The summed E-state index contributed by atoms with van der Waals surface area (Å²) in [5.41, 5.74) is 0. The minimum absolute atomic E-state index is 0.0556. The fraction of sp³-hybridized carbons (Fsp3) is 0.200. The molecule has 0 radical (unpaired) electrons. The maximum Gasteiger partial charge on any atom is 0.307 e. The van der Waals surface area contributed by atoms with Gasteiger partial charge in [0.2, 0.25) is 0 Å². The Balaban J connectivity index is 0. The van der Waals surface area contributed by atoms with Gasteiger partial charge < -0.3 is 5.11 Å². The number of carboxylic acid groups (broad SMARTS) is 1. The van der Waals surface area contributed by atoms with Crippen molar-refractivity contribution in [1.82, 2.24) is 0 Å². The quantitative estimate of drug-likeness (QED) is 0.538. The number of carbonyl (C=O) groups is 1. The molecule has 44 valence electrons. The van der Waals surface area contributed by atoms with Gasteiger partial charge in [-0.25, -0.2) is 5.26 Å². The summed E-state index contributed by atoms with van der Waals surface area (Å²) in [6, 6.07) is 0. The number of aliphatic carboxylic acids is 1. The van der Waals surface area contributed by atoms with E-state index in [4.69, 9.17) is 10.4 Å². The van der Waals surface area contributed by atoms with Gasteiger partial charge in [0.1, 0.15) is 0 Å². The number of nitrogens with zero attached hydrogens (tertiary/aromatic N) is 1. The normalized spacial score (nSPS) is 5.75. The third-order valence-corrected chi connectivity index (χ3v) is 0.319. The number of hydrogen-bond donors (Lipinski definition) is 1. The Bertz CT molecular complexity index is 95.8. The molecule has 0 bridgehead atoms. The molecule has 3 nitrogen and oxygen atoms in total. The van der Waals surface area contributed by atoms with Crippen molar-refractivity contribution in [2.45, 2.75) is 6.42 Å². The second-order valence-electron chi connectivity index (χ2n) is 0.887. The number of carboxylic acids is 1. The molecule has 0 aromatic rings. The maximum absolute atomic E-state index is 9.53. The van der Waals surface area contributed by atoms with Crippen LogP contribution in [0.3, 0.4) is 0 Å². The summed E-state index contributed by atoms with van der Waals surface area (Å²) in [6.07, 6.45) is 1.41. The summed E-state index contributed by atoms with van der Waals surface area (Å²) in [4.78, 5) is 9.53. The van der Waals surface area contributed by atoms with Gasteiger partial charge in [-0.3, -0.25) is 4.79 Å². The van der Waals surface area contributed by atoms with E-state index < -0.39 is 5.97 Å². The molecule has 0 amide bonds. The van der Waals surface area contributed by atoms with E-state index in [9.17, 15) is 4.79 Å². The lowest BCUT2D eigenvalue weighted by Crippen LogP contribution is -1.88. The van der Waals surface area contributed by atoms with Crippen molar-refractivity contribution >= 4 is 5.97 Å². The molecule has 0 spiro atoms. The van der Waals surface area contributed by atoms with Crippen LogP contribution in [0.1, 0.15) is 6.42 Å². The molecule has 0 aliphatic heterocycles. The van der Waals surface area contributed by atoms with E-state index in [0.717, 1.165) is 0 Å². The summed E-state index contributed by atoms with van der Waals surface area (Å²) in [5.74, 6) is -0.829. The first-order valence-corrected chi connectivity index (χ1v) is 1.86. The van der Waals surface area contributed by atoms with Crippen molar-refractivity contribution in [2.24, 2.45) is 0 Å². The summed E-state index contributed by atoms with van der Waals surface area (Å²) in [7, 11) is 0. The van der Waals surface area contributed by atoms with Crippen LogP contribution in [0.15, 0.2) is 12.7 Å². The van der Waals surface area contributed by atoms with Crippen LogP contribution in [-0.4, -0.2) is 11.1 Å². The lowest BCUT2D eigenvalue weighted by Gasteiger charge is -1.75. The van der Waals surface area contributed by atoms with E-state index in [-0.39, 0.29) is 6.42 Å². The van der Waals surface area contributed by atoms with E-state index in [2.05, 4.69) is 13.2 Å². The van der Waals surface area contributed by atoms with Crippen LogP contribution in [0.2, 0.25) is 0 Å². The average molecular weight is 113 g/mol. The van der Waals surface area contributed by atoms with Crippen LogP contribution in [-0.2, 0) is 4.79 Å². The molecule has 0 aliphatic rings. The van der Waals surface area contributed by atoms with Gasteiger partial charge in [-0.2, -0.15) is 0 Å². The third kappa shape index (κ3) is 22.3. The highest BCUT2D eigenvalue weighted by molar-refractivity contribution is 5.68. The summed E-state index contributed by atoms with van der Waals surface area (Å²) < 4.78 is 0. The smallest absolute Gasteiger partial charge is 0.307 e. The van der Waals surface area contributed by atoms with Crippen LogP contribution in [0.5, 0.6) is 0 Å². The van der Waals surface area contributed by atoms with Crippen LogP contribution in [0.25, 0.3) is 0 Å². The van der Waals surface area contributed by atoms with Crippen molar-refractivity contribution in [3.63, 3.8) is 0 Å². The zero-order valence-electron chi connectivity index (χ0n) is 4.37. The van der Waals surface area contributed by atoms with E-state index >= 15 is 0 Å². The van der Waals surface area contributed by atoms with Crippen molar-refractivity contribution in [3.8, 4) is 6.57 Å². The molecule has 0 heterocycles. The number of rotatable bonds is 2. The third-order valence-electron chi connectivity index (χ3n) is 0.319. The van der Waals surface area contributed by atoms with Gasteiger partial charge in [0.15, 0.2) is 0 Å². The SMILES string of the molecule is C#N.C=CCC(=O)O. The molecular formula is C5H7NO2. The molecule has 0 aliphatic carbocycles. The zero-order valence-corrected chi connectivity index (χ0v) is 4.37. The highest BCUT2D eigenvalue weighted by Crippen LogP contribution is 1.74. The van der Waals surface area contributed by atoms with Gasteiger partial charge in [-0.05, 0) is 0 Å². The summed E-state index contributed by atoms with van der Waals surface area (Å²) in [5, 5.41) is 14.3. The summed E-state index contributed by atoms with van der Waals surface area (Å²) in [6.45, 7) is 6.72. The monoisotopic (exact) mass is 113 g/mol. The first-order valence-electron chi connectivity index (χ1n) is 1.86. The van der Waals surface area contributed by atoms with Crippen LogP contribution in [0, 0.1) is 11.8 Å². The van der Waals surface area contributed by atoms with Gasteiger partial charge in [0, 0.05) is 6.57 Å². The van der Waals surface area contributed by atoms with Crippen molar-refractivity contribution in [2.75, 3.05) is 0 Å². The molecular weight excluding hydrogens is 106 g/mol. The molecule has 0 aromatic carbocycles. The van der Waals surface area contributed by atoms with Crippen molar-refractivity contribution in [1.29, 1.82) is 5.26 Å². The molecule has 0 rings (SSSR count). The first kappa shape index (κ1) is 9.85.